The number of rotatable bonds is 3. The van der Waals surface area contributed by atoms with Crippen LogP contribution >= 0.6 is 12.4 Å². The summed E-state index contributed by atoms with van der Waals surface area (Å²) in [6.07, 6.45) is 0.854. The Morgan fingerprint density at radius 2 is 1.93 bits per heavy atom. The number of hydrogen-bond donors (Lipinski definition) is 2. The minimum absolute atomic E-state index is 0. The Labute approximate surface area is 89.3 Å². The standard InChI is InChI=1S/C10H13NO2.ClH/c1-2-9(11)7-3-5-8(6-4-7)10(12)13;/h3-6,9H,2,11H2,1H3,(H,12,13);1H/t9-;/m0./s1. The Bertz CT molecular complexity index is 297. The number of hydrogen-bond acceptors (Lipinski definition) is 2. The molecule has 78 valence electrons. The van der Waals surface area contributed by atoms with Gasteiger partial charge in [0.25, 0.3) is 0 Å². The van der Waals surface area contributed by atoms with Crippen LogP contribution in [0.5, 0.6) is 0 Å². The lowest BCUT2D eigenvalue weighted by Gasteiger charge is -2.08. The van der Waals surface area contributed by atoms with Crippen molar-refractivity contribution >= 4 is 18.4 Å². The number of benzene rings is 1. The first-order valence-electron chi connectivity index (χ1n) is 4.24. The second-order valence-electron chi connectivity index (χ2n) is 2.94. The van der Waals surface area contributed by atoms with E-state index >= 15 is 0 Å². The van der Waals surface area contributed by atoms with Gasteiger partial charge in [0, 0.05) is 6.04 Å². The Hall–Kier alpha value is -1.06. The summed E-state index contributed by atoms with van der Waals surface area (Å²) in [5, 5.41) is 8.64. The van der Waals surface area contributed by atoms with E-state index in [1.807, 2.05) is 6.92 Å². The van der Waals surface area contributed by atoms with Crippen LogP contribution in [0.1, 0.15) is 35.3 Å². The summed E-state index contributed by atoms with van der Waals surface area (Å²) in [5.74, 6) is -0.906. The zero-order chi connectivity index (χ0) is 9.84. The smallest absolute Gasteiger partial charge is 0.335 e. The summed E-state index contributed by atoms with van der Waals surface area (Å²) >= 11 is 0. The molecule has 3 nitrogen and oxygen atoms in total. The molecule has 0 radical (unpaired) electrons. The number of aromatic carboxylic acids is 1. The molecule has 0 bridgehead atoms. The highest BCUT2D eigenvalue weighted by molar-refractivity contribution is 5.87. The monoisotopic (exact) mass is 215 g/mol. The Kier molecular flexibility index (Phi) is 5.20. The molecule has 0 unspecified atom stereocenters. The van der Waals surface area contributed by atoms with E-state index in [2.05, 4.69) is 0 Å². The summed E-state index contributed by atoms with van der Waals surface area (Å²) in [7, 11) is 0. The lowest BCUT2D eigenvalue weighted by atomic mass is 10.0. The topological polar surface area (TPSA) is 63.3 Å². The largest absolute Gasteiger partial charge is 0.478 e. The van der Waals surface area contributed by atoms with Gasteiger partial charge in [-0.2, -0.15) is 0 Å². The summed E-state index contributed by atoms with van der Waals surface area (Å²) < 4.78 is 0. The molecule has 0 aliphatic rings. The Morgan fingerprint density at radius 3 is 2.29 bits per heavy atom. The Balaban J connectivity index is 0.00000169. The van der Waals surface area contributed by atoms with Gasteiger partial charge < -0.3 is 10.8 Å². The average Bonchev–Trinajstić information content (AvgIpc) is 2.17. The van der Waals surface area contributed by atoms with Crippen molar-refractivity contribution < 1.29 is 9.90 Å². The van der Waals surface area contributed by atoms with Gasteiger partial charge in [0.1, 0.15) is 0 Å². The van der Waals surface area contributed by atoms with Gasteiger partial charge in [-0.1, -0.05) is 19.1 Å². The lowest BCUT2D eigenvalue weighted by molar-refractivity contribution is 0.0697. The molecular weight excluding hydrogens is 202 g/mol. The van der Waals surface area contributed by atoms with E-state index in [1.54, 1.807) is 24.3 Å². The summed E-state index contributed by atoms with van der Waals surface area (Å²) in [6.45, 7) is 2.00. The third kappa shape index (κ3) is 3.01. The van der Waals surface area contributed by atoms with E-state index < -0.39 is 5.97 Å². The van der Waals surface area contributed by atoms with Gasteiger partial charge in [-0.3, -0.25) is 0 Å². The second-order valence-corrected chi connectivity index (χ2v) is 2.94. The van der Waals surface area contributed by atoms with Gasteiger partial charge in [0.2, 0.25) is 0 Å². The number of carboxylic acid groups (broad SMARTS) is 1. The molecule has 0 amide bonds. The van der Waals surface area contributed by atoms with E-state index in [9.17, 15) is 4.79 Å². The van der Waals surface area contributed by atoms with Crippen LogP contribution in [0.15, 0.2) is 24.3 Å². The molecule has 0 aromatic heterocycles. The first kappa shape index (κ1) is 12.9. The summed E-state index contributed by atoms with van der Waals surface area (Å²) in [5.41, 5.74) is 7.05. The van der Waals surface area contributed by atoms with Crippen molar-refractivity contribution in [2.45, 2.75) is 19.4 Å². The van der Waals surface area contributed by atoms with Gasteiger partial charge >= 0.3 is 5.97 Å². The second kappa shape index (κ2) is 5.62. The molecule has 14 heavy (non-hydrogen) atoms. The maximum absolute atomic E-state index is 10.5. The predicted octanol–water partition coefficient (Wildman–Crippen LogP) is 2.22. The highest BCUT2D eigenvalue weighted by atomic mass is 35.5. The van der Waals surface area contributed by atoms with Gasteiger partial charge in [0.05, 0.1) is 5.56 Å². The molecule has 0 saturated carbocycles. The molecular formula is C10H14ClNO2. The van der Waals surface area contributed by atoms with Crippen LogP contribution < -0.4 is 5.73 Å². The average molecular weight is 216 g/mol. The van der Waals surface area contributed by atoms with E-state index in [4.69, 9.17) is 10.8 Å². The van der Waals surface area contributed by atoms with Crippen LogP contribution in [0.3, 0.4) is 0 Å². The zero-order valence-electron chi connectivity index (χ0n) is 7.93. The highest BCUT2D eigenvalue weighted by Gasteiger charge is 2.05. The third-order valence-electron chi connectivity index (χ3n) is 2.03. The fourth-order valence-corrected chi connectivity index (χ4v) is 1.11. The molecule has 0 spiro atoms. The molecule has 1 aromatic rings. The van der Waals surface area contributed by atoms with E-state index in [0.717, 1.165) is 12.0 Å². The van der Waals surface area contributed by atoms with Gasteiger partial charge in [0.15, 0.2) is 0 Å². The lowest BCUT2D eigenvalue weighted by Crippen LogP contribution is -2.08. The van der Waals surface area contributed by atoms with Crippen LogP contribution in [0.25, 0.3) is 0 Å². The number of carboxylic acids is 1. The van der Waals surface area contributed by atoms with E-state index in [0.29, 0.717) is 5.56 Å². The maximum atomic E-state index is 10.5. The fourth-order valence-electron chi connectivity index (χ4n) is 1.11. The van der Waals surface area contributed by atoms with E-state index in [-0.39, 0.29) is 18.4 Å². The number of nitrogens with two attached hydrogens (primary N) is 1. The van der Waals surface area contributed by atoms with Gasteiger partial charge in [-0.25, -0.2) is 4.79 Å². The number of halogens is 1. The molecule has 1 atom stereocenters. The van der Waals surface area contributed by atoms with E-state index in [1.165, 1.54) is 0 Å². The van der Waals surface area contributed by atoms with Crippen LogP contribution in [0.2, 0.25) is 0 Å². The first-order valence-corrected chi connectivity index (χ1v) is 4.24. The van der Waals surface area contributed by atoms with Crippen molar-refractivity contribution in [3.05, 3.63) is 35.4 Å². The van der Waals surface area contributed by atoms with Crippen molar-refractivity contribution in [3.63, 3.8) is 0 Å². The summed E-state index contributed by atoms with van der Waals surface area (Å²) in [4.78, 5) is 10.5. The predicted molar refractivity (Wildman–Crippen MR) is 57.9 cm³/mol. The minimum atomic E-state index is -0.906. The molecule has 0 aliphatic carbocycles. The summed E-state index contributed by atoms with van der Waals surface area (Å²) in [6, 6.07) is 6.68. The normalized spacial score (nSPS) is 11.6. The van der Waals surface area contributed by atoms with Crippen LogP contribution in [0, 0.1) is 0 Å². The van der Waals surface area contributed by atoms with Crippen LogP contribution in [-0.4, -0.2) is 11.1 Å². The van der Waals surface area contributed by atoms with Crippen molar-refractivity contribution in [2.75, 3.05) is 0 Å². The third-order valence-corrected chi connectivity index (χ3v) is 2.03. The van der Waals surface area contributed by atoms with Gasteiger partial charge in [-0.05, 0) is 24.1 Å². The molecule has 0 aliphatic heterocycles. The SMILES string of the molecule is CC[C@H](N)c1ccc(C(=O)O)cc1.Cl. The zero-order valence-corrected chi connectivity index (χ0v) is 8.75. The van der Waals surface area contributed by atoms with Crippen LogP contribution in [0.4, 0.5) is 0 Å². The number of carbonyl (C=O) groups is 1. The van der Waals surface area contributed by atoms with Crippen molar-refractivity contribution in [2.24, 2.45) is 5.73 Å². The molecule has 0 saturated heterocycles. The van der Waals surface area contributed by atoms with Crippen molar-refractivity contribution in [3.8, 4) is 0 Å². The fraction of sp³-hybridized carbons (Fsp3) is 0.300. The van der Waals surface area contributed by atoms with Crippen molar-refractivity contribution in [1.29, 1.82) is 0 Å². The molecule has 4 heteroatoms. The Morgan fingerprint density at radius 1 is 1.43 bits per heavy atom. The highest BCUT2D eigenvalue weighted by Crippen LogP contribution is 2.14. The first-order chi connectivity index (χ1) is 6.15. The molecule has 0 fully saturated rings. The molecule has 1 rings (SSSR count). The minimum Gasteiger partial charge on any atom is -0.478 e. The molecule has 1 aromatic carbocycles. The molecule has 0 heterocycles. The molecule has 3 N–H and O–H groups in total. The van der Waals surface area contributed by atoms with Crippen molar-refractivity contribution in [1.82, 2.24) is 0 Å². The van der Waals surface area contributed by atoms with Crippen LogP contribution in [-0.2, 0) is 0 Å². The quantitative estimate of drug-likeness (QED) is 0.813. The maximum Gasteiger partial charge on any atom is 0.335 e. The van der Waals surface area contributed by atoms with Gasteiger partial charge in [-0.15, -0.1) is 12.4 Å².